The molecule has 0 saturated heterocycles. The second kappa shape index (κ2) is 14.2. The van der Waals surface area contributed by atoms with Gasteiger partial charge >= 0.3 is 12.3 Å². The van der Waals surface area contributed by atoms with Gasteiger partial charge in [0.15, 0.2) is 5.03 Å². The number of pyridine rings is 2. The largest absolute Gasteiger partial charge is 0.573 e. The van der Waals surface area contributed by atoms with Crippen LogP contribution in [0.1, 0.15) is 44.1 Å². The summed E-state index contributed by atoms with van der Waals surface area (Å²) in [6, 6.07) is 16.7. The van der Waals surface area contributed by atoms with E-state index in [9.17, 15) is 31.2 Å². The number of carboxylic acids is 1. The molecule has 3 heterocycles. The molecule has 2 N–H and O–H groups in total. The average molecular weight is 705 g/mol. The van der Waals surface area contributed by atoms with E-state index in [-0.39, 0.29) is 59.8 Å². The Labute approximate surface area is 277 Å². The second-order valence-electron chi connectivity index (χ2n) is 11.1. The molecule has 5 rings (SSSR count). The molecule has 1 aliphatic heterocycles. The van der Waals surface area contributed by atoms with Gasteiger partial charge < -0.3 is 9.84 Å². The van der Waals surface area contributed by atoms with E-state index < -0.39 is 69.8 Å². The van der Waals surface area contributed by atoms with E-state index >= 15 is 8.78 Å². The number of fused-ring (bicyclic) bond motifs is 6. The van der Waals surface area contributed by atoms with Gasteiger partial charge in [0.1, 0.15) is 17.4 Å². The Bertz CT molecular complexity index is 1970. The molecule has 2 aromatic heterocycles. The SMILES string of the molecule is O=C(O)CCC(=O)N1CCCCCC(F)(F)c2ccccc2-c2nc(ccc2-c2cccc(OC(F)(F)F)c2)NS(=O)(=O)c2cccc1n2. The molecule has 4 aromatic rings. The van der Waals surface area contributed by atoms with E-state index in [2.05, 4.69) is 19.4 Å². The summed E-state index contributed by atoms with van der Waals surface area (Å²) in [6.45, 7) is -0.0344. The van der Waals surface area contributed by atoms with Gasteiger partial charge in [-0.25, -0.2) is 18.7 Å². The lowest BCUT2D eigenvalue weighted by molar-refractivity contribution is -0.274. The van der Waals surface area contributed by atoms with E-state index in [1.54, 1.807) is 0 Å². The zero-order valence-corrected chi connectivity index (χ0v) is 26.4. The maximum atomic E-state index is 16.0. The van der Waals surface area contributed by atoms with Gasteiger partial charge in [0.05, 0.1) is 12.1 Å². The maximum Gasteiger partial charge on any atom is 0.573 e. The number of ether oxygens (including phenoxy) is 1. The standard InChI is InChI=1S/C33H29F5N4O6S/c34-32(35)18-4-1-5-19-42(29(43)16-17-30(44)45)27-12-7-13-28(40-27)49(46,47)41-26-15-14-23(31(39-26)24-10-2-3-11-25(24)32)21-8-6-9-22(20-21)48-33(36,37)38/h2-3,6-15,20H,1,4-5,16-19H2,(H,39,41)(H,44,45). The number of sulfonamides is 1. The Morgan fingerprint density at radius 1 is 0.898 bits per heavy atom. The van der Waals surface area contributed by atoms with E-state index in [1.165, 1.54) is 60.7 Å². The zero-order valence-electron chi connectivity index (χ0n) is 25.6. The van der Waals surface area contributed by atoms with Gasteiger partial charge in [-0.05, 0) is 54.8 Å². The summed E-state index contributed by atoms with van der Waals surface area (Å²) >= 11 is 0. The van der Waals surface area contributed by atoms with Gasteiger partial charge in [0.25, 0.3) is 15.9 Å². The molecule has 0 radical (unpaired) electrons. The molecule has 0 atom stereocenters. The van der Waals surface area contributed by atoms with Crippen molar-refractivity contribution in [2.24, 2.45) is 0 Å². The normalized spacial score (nSPS) is 16.1. The molecule has 0 unspecified atom stereocenters. The summed E-state index contributed by atoms with van der Waals surface area (Å²) in [7, 11) is -4.52. The molecule has 10 nitrogen and oxygen atoms in total. The van der Waals surface area contributed by atoms with Crippen LogP contribution in [0, 0.1) is 0 Å². The predicted octanol–water partition coefficient (Wildman–Crippen LogP) is 7.37. The molecule has 0 aliphatic carbocycles. The molecule has 2 aromatic carbocycles. The van der Waals surface area contributed by atoms with Gasteiger partial charge in [-0.1, -0.05) is 48.9 Å². The highest BCUT2D eigenvalue weighted by molar-refractivity contribution is 7.92. The number of carboxylic acid groups (broad SMARTS) is 1. The number of aliphatic carboxylic acids is 1. The fraction of sp³-hybridized carbons (Fsp3) is 0.273. The first-order chi connectivity index (χ1) is 23.1. The Morgan fingerprint density at radius 3 is 2.41 bits per heavy atom. The van der Waals surface area contributed by atoms with Crippen molar-refractivity contribution < 1.29 is 49.8 Å². The number of carbonyl (C=O) groups excluding carboxylic acids is 1. The van der Waals surface area contributed by atoms with E-state index in [1.807, 2.05) is 0 Å². The molecule has 1 aliphatic rings. The summed E-state index contributed by atoms with van der Waals surface area (Å²) in [5, 5.41) is 8.55. The zero-order chi connectivity index (χ0) is 35.4. The number of amides is 1. The third-order valence-electron chi connectivity index (χ3n) is 7.58. The van der Waals surface area contributed by atoms with Crippen molar-refractivity contribution in [2.75, 3.05) is 16.2 Å². The van der Waals surface area contributed by atoms with Crippen LogP contribution in [-0.2, 0) is 25.5 Å². The first kappa shape index (κ1) is 35.2. The van der Waals surface area contributed by atoms with Crippen LogP contribution in [0.15, 0.2) is 83.9 Å². The number of halogens is 5. The molecular formula is C33H29F5N4O6S. The number of rotatable bonds is 5. The number of aromatic nitrogens is 2. The summed E-state index contributed by atoms with van der Waals surface area (Å²) in [5.41, 5.74) is -0.405. The monoisotopic (exact) mass is 704 g/mol. The Kier molecular flexibility index (Phi) is 10.2. The minimum atomic E-state index is -4.99. The smallest absolute Gasteiger partial charge is 0.481 e. The molecule has 0 saturated carbocycles. The number of hydrogen-bond donors (Lipinski definition) is 2. The van der Waals surface area contributed by atoms with Crippen molar-refractivity contribution in [3.05, 3.63) is 84.4 Å². The lowest BCUT2D eigenvalue weighted by Crippen LogP contribution is -2.33. The first-order valence-corrected chi connectivity index (χ1v) is 16.5. The third-order valence-corrected chi connectivity index (χ3v) is 8.83. The second-order valence-corrected chi connectivity index (χ2v) is 12.7. The molecule has 16 heteroatoms. The van der Waals surface area contributed by atoms with Crippen LogP contribution in [0.2, 0.25) is 0 Å². The number of nitrogens with one attached hydrogen (secondary N) is 1. The van der Waals surface area contributed by atoms with E-state index in [4.69, 9.17) is 5.11 Å². The Balaban J connectivity index is 1.65. The highest BCUT2D eigenvalue weighted by atomic mass is 32.2. The van der Waals surface area contributed by atoms with Crippen LogP contribution in [0.3, 0.4) is 0 Å². The van der Waals surface area contributed by atoms with Crippen molar-refractivity contribution in [1.82, 2.24) is 9.97 Å². The minimum absolute atomic E-state index is 0.0129. The van der Waals surface area contributed by atoms with Crippen molar-refractivity contribution in [3.63, 3.8) is 0 Å². The number of hydrogen-bond acceptors (Lipinski definition) is 7. The summed E-state index contributed by atoms with van der Waals surface area (Å²) in [6.07, 6.45) is -6.02. The minimum Gasteiger partial charge on any atom is -0.481 e. The summed E-state index contributed by atoms with van der Waals surface area (Å²) < 4.78 is 104. The molecule has 0 fully saturated rings. The van der Waals surface area contributed by atoms with Crippen molar-refractivity contribution in [1.29, 1.82) is 0 Å². The molecule has 49 heavy (non-hydrogen) atoms. The molecule has 4 bridgehead atoms. The Hall–Kier alpha value is -5.12. The molecule has 0 spiro atoms. The van der Waals surface area contributed by atoms with Crippen molar-refractivity contribution in [3.8, 4) is 28.1 Å². The number of alkyl halides is 5. The van der Waals surface area contributed by atoms with Crippen molar-refractivity contribution >= 4 is 33.5 Å². The topological polar surface area (TPSA) is 139 Å². The van der Waals surface area contributed by atoms with Crippen molar-refractivity contribution in [2.45, 2.75) is 55.8 Å². The first-order valence-electron chi connectivity index (χ1n) is 15.0. The van der Waals surface area contributed by atoms with Crippen LogP contribution in [0.5, 0.6) is 5.75 Å². The van der Waals surface area contributed by atoms with Crippen LogP contribution in [0.25, 0.3) is 22.4 Å². The predicted molar refractivity (Wildman–Crippen MR) is 168 cm³/mol. The fourth-order valence-corrected chi connectivity index (χ4v) is 6.33. The quantitative estimate of drug-likeness (QED) is 0.205. The highest BCUT2D eigenvalue weighted by Gasteiger charge is 2.35. The van der Waals surface area contributed by atoms with Gasteiger partial charge in [-0.2, -0.15) is 8.42 Å². The third kappa shape index (κ3) is 8.68. The Morgan fingerprint density at radius 2 is 1.65 bits per heavy atom. The van der Waals surface area contributed by atoms with Crippen LogP contribution < -0.4 is 14.4 Å². The molecule has 1 amide bonds. The van der Waals surface area contributed by atoms with Gasteiger partial charge in [-0.3, -0.25) is 19.2 Å². The highest BCUT2D eigenvalue weighted by Crippen LogP contribution is 2.43. The van der Waals surface area contributed by atoms with Crippen LogP contribution in [0.4, 0.5) is 33.6 Å². The van der Waals surface area contributed by atoms with Gasteiger partial charge in [0, 0.05) is 36.1 Å². The number of benzene rings is 2. The summed E-state index contributed by atoms with van der Waals surface area (Å²) in [5.74, 6) is -6.23. The summed E-state index contributed by atoms with van der Waals surface area (Å²) in [4.78, 5) is 33.8. The lowest BCUT2D eigenvalue weighted by Gasteiger charge is -2.23. The number of carbonyl (C=O) groups is 2. The van der Waals surface area contributed by atoms with Crippen LogP contribution >= 0.6 is 0 Å². The lowest BCUT2D eigenvalue weighted by atomic mass is 9.91. The molecular weight excluding hydrogens is 675 g/mol. The van der Waals surface area contributed by atoms with E-state index in [0.29, 0.717) is 0 Å². The van der Waals surface area contributed by atoms with Gasteiger partial charge in [-0.15, -0.1) is 13.2 Å². The molecule has 258 valence electrons. The van der Waals surface area contributed by atoms with Crippen LogP contribution in [-0.4, -0.2) is 48.3 Å². The van der Waals surface area contributed by atoms with Gasteiger partial charge in [0.2, 0.25) is 5.91 Å². The number of nitrogens with zero attached hydrogens (tertiary/aromatic N) is 3. The maximum absolute atomic E-state index is 16.0. The van der Waals surface area contributed by atoms with E-state index in [0.717, 1.165) is 23.1 Å². The average Bonchev–Trinajstić information content (AvgIpc) is 3.04. The fourth-order valence-electron chi connectivity index (χ4n) is 5.36. The number of anilines is 2.